The van der Waals surface area contributed by atoms with E-state index in [0.29, 0.717) is 17.3 Å². The highest BCUT2D eigenvalue weighted by Gasteiger charge is 2.21. The first-order chi connectivity index (χ1) is 10.4. The van der Waals surface area contributed by atoms with Gasteiger partial charge in [-0.1, -0.05) is 6.92 Å². The molecule has 1 aromatic rings. The smallest absolute Gasteiger partial charge is 0.224 e. The number of aromatic nitrogens is 2. The Bertz CT molecular complexity index is 544. The quantitative estimate of drug-likeness (QED) is 0.774. The van der Waals surface area contributed by atoms with Crippen molar-refractivity contribution in [3.63, 3.8) is 0 Å². The normalized spacial score (nSPS) is 22.0. The minimum Gasteiger partial charge on any atom is -0.393 e. The van der Waals surface area contributed by atoms with Crippen LogP contribution >= 0.6 is 0 Å². The van der Waals surface area contributed by atoms with Crippen molar-refractivity contribution < 1.29 is 5.11 Å². The van der Waals surface area contributed by atoms with Gasteiger partial charge in [0.05, 0.1) is 12.3 Å². The Morgan fingerprint density at radius 3 is 2.64 bits per heavy atom. The number of hydrogen-bond donors (Lipinski definition) is 3. The fraction of sp³-hybridized carbons (Fsp3) is 0.688. The maximum atomic E-state index is 9.56. The lowest BCUT2D eigenvalue weighted by Gasteiger charge is -2.27. The van der Waals surface area contributed by atoms with Gasteiger partial charge in [-0.05, 0) is 46.0 Å². The summed E-state index contributed by atoms with van der Waals surface area (Å²) in [5.74, 6) is 1.11. The zero-order chi connectivity index (χ0) is 16.2. The molecular weight excluding hydrogens is 278 g/mol. The van der Waals surface area contributed by atoms with E-state index in [1.807, 2.05) is 0 Å². The van der Waals surface area contributed by atoms with Crippen molar-refractivity contribution >= 4 is 11.8 Å². The van der Waals surface area contributed by atoms with E-state index in [1.54, 1.807) is 6.20 Å². The van der Waals surface area contributed by atoms with Crippen LogP contribution in [-0.2, 0) is 0 Å². The minimum absolute atomic E-state index is 0.133. The van der Waals surface area contributed by atoms with E-state index < -0.39 is 0 Å². The number of nitrogens with zero attached hydrogens (tertiary/aromatic N) is 3. The van der Waals surface area contributed by atoms with E-state index in [0.717, 1.165) is 32.1 Å². The van der Waals surface area contributed by atoms with Gasteiger partial charge < -0.3 is 15.7 Å². The number of nitrogens with one attached hydrogen (secondary N) is 2. The third-order valence-electron chi connectivity index (χ3n) is 4.28. The van der Waals surface area contributed by atoms with Crippen LogP contribution in [0.1, 0.15) is 58.4 Å². The Morgan fingerprint density at radius 2 is 2.05 bits per heavy atom. The molecule has 0 radical (unpaired) electrons. The standard InChI is InChI=1S/C16H25N5O/c1-4-16(2,3)21-14-11(9-17)10-18-15(20-14)19-12-5-7-13(22)8-6-12/h10,12-13,22H,4-8H2,1-3H3,(H2,18,19,20,21). The maximum Gasteiger partial charge on any atom is 0.224 e. The molecule has 0 bridgehead atoms. The number of nitriles is 1. The zero-order valence-electron chi connectivity index (χ0n) is 13.6. The van der Waals surface area contributed by atoms with Gasteiger partial charge in [-0.2, -0.15) is 10.2 Å². The molecule has 2 rings (SSSR count). The minimum atomic E-state index is -0.178. The Kier molecular flexibility index (Phi) is 5.19. The fourth-order valence-electron chi connectivity index (χ4n) is 2.44. The molecule has 120 valence electrons. The van der Waals surface area contributed by atoms with Gasteiger partial charge in [-0.3, -0.25) is 0 Å². The van der Waals surface area contributed by atoms with E-state index >= 15 is 0 Å². The van der Waals surface area contributed by atoms with Crippen LogP contribution in [0.15, 0.2) is 6.20 Å². The van der Waals surface area contributed by atoms with E-state index in [1.165, 1.54) is 0 Å². The maximum absolute atomic E-state index is 9.56. The molecule has 0 amide bonds. The van der Waals surface area contributed by atoms with Crippen molar-refractivity contribution in [2.75, 3.05) is 10.6 Å². The zero-order valence-corrected chi connectivity index (χ0v) is 13.6. The number of rotatable bonds is 5. The third kappa shape index (κ3) is 4.31. The van der Waals surface area contributed by atoms with Gasteiger partial charge in [0.2, 0.25) is 5.95 Å². The largest absolute Gasteiger partial charge is 0.393 e. The molecule has 0 spiro atoms. The first-order valence-corrected chi connectivity index (χ1v) is 7.93. The molecule has 1 heterocycles. The first kappa shape index (κ1) is 16.5. The predicted molar refractivity (Wildman–Crippen MR) is 86.6 cm³/mol. The molecule has 0 aromatic carbocycles. The number of hydrogen-bond acceptors (Lipinski definition) is 6. The van der Waals surface area contributed by atoms with Gasteiger partial charge in [-0.25, -0.2) is 4.98 Å². The molecule has 1 fully saturated rings. The van der Waals surface area contributed by atoms with Crippen LogP contribution < -0.4 is 10.6 Å². The van der Waals surface area contributed by atoms with Crippen LogP contribution in [0.2, 0.25) is 0 Å². The summed E-state index contributed by atoms with van der Waals surface area (Å²) in [4.78, 5) is 8.70. The van der Waals surface area contributed by atoms with E-state index in [4.69, 9.17) is 0 Å². The molecule has 6 heteroatoms. The summed E-state index contributed by atoms with van der Waals surface area (Å²) in [6.07, 6.45) is 5.74. The molecular formula is C16H25N5O. The summed E-state index contributed by atoms with van der Waals surface area (Å²) in [5, 5.41) is 25.4. The molecule has 3 N–H and O–H groups in total. The van der Waals surface area contributed by atoms with Crippen LogP contribution in [0.4, 0.5) is 11.8 Å². The van der Waals surface area contributed by atoms with Crippen molar-refractivity contribution in [3.8, 4) is 6.07 Å². The summed E-state index contributed by atoms with van der Waals surface area (Å²) in [7, 11) is 0. The summed E-state index contributed by atoms with van der Waals surface area (Å²) in [6.45, 7) is 6.24. The van der Waals surface area contributed by atoms with Crippen LogP contribution in [0.5, 0.6) is 0 Å². The lowest BCUT2D eigenvalue weighted by molar-refractivity contribution is 0.126. The Labute approximate surface area is 132 Å². The van der Waals surface area contributed by atoms with Gasteiger partial charge >= 0.3 is 0 Å². The van der Waals surface area contributed by atoms with Crippen molar-refractivity contribution in [1.82, 2.24) is 9.97 Å². The summed E-state index contributed by atoms with van der Waals surface area (Å²) < 4.78 is 0. The molecule has 0 aliphatic heterocycles. The second-order valence-electron chi connectivity index (χ2n) is 6.58. The molecule has 1 aliphatic rings. The highest BCUT2D eigenvalue weighted by molar-refractivity contribution is 5.54. The van der Waals surface area contributed by atoms with Crippen LogP contribution in [0.3, 0.4) is 0 Å². The summed E-state index contributed by atoms with van der Waals surface area (Å²) >= 11 is 0. The van der Waals surface area contributed by atoms with Gasteiger partial charge in [0.1, 0.15) is 17.5 Å². The summed E-state index contributed by atoms with van der Waals surface area (Å²) in [5.41, 5.74) is 0.317. The lowest BCUT2D eigenvalue weighted by atomic mass is 9.93. The van der Waals surface area contributed by atoms with Crippen molar-refractivity contribution in [3.05, 3.63) is 11.8 Å². The van der Waals surface area contributed by atoms with Crippen molar-refractivity contribution in [2.45, 2.75) is 70.6 Å². The molecule has 0 unspecified atom stereocenters. The number of aliphatic hydroxyl groups excluding tert-OH is 1. The average molecular weight is 303 g/mol. The topological polar surface area (TPSA) is 93.9 Å². The second kappa shape index (κ2) is 6.93. The Balaban J connectivity index is 2.11. The lowest BCUT2D eigenvalue weighted by Crippen LogP contribution is -2.31. The molecule has 22 heavy (non-hydrogen) atoms. The fourth-order valence-corrected chi connectivity index (χ4v) is 2.44. The van der Waals surface area contributed by atoms with Gasteiger partial charge in [0.15, 0.2) is 0 Å². The van der Waals surface area contributed by atoms with E-state index in [9.17, 15) is 10.4 Å². The predicted octanol–water partition coefficient (Wildman–Crippen LogP) is 2.66. The average Bonchev–Trinajstić information content (AvgIpc) is 2.50. The second-order valence-corrected chi connectivity index (χ2v) is 6.58. The summed E-state index contributed by atoms with van der Waals surface area (Å²) in [6, 6.07) is 2.41. The van der Waals surface area contributed by atoms with Crippen molar-refractivity contribution in [2.24, 2.45) is 0 Å². The van der Waals surface area contributed by atoms with E-state index in [2.05, 4.69) is 47.4 Å². The molecule has 0 atom stereocenters. The molecule has 1 aromatic heterocycles. The molecule has 1 saturated carbocycles. The van der Waals surface area contributed by atoms with Crippen LogP contribution in [-0.4, -0.2) is 32.8 Å². The Morgan fingerprint density at radius 1 is 1.36 bits per heavy atom. The van der Waals surface area contributed by atoms with Gasteiger partial charge in [0, 0.05) is 11.6 Å². The molecule has 6 nitrogen and oxygen atoms in total. The highest BCUT2D eigenvalue weighted by atomic mass is 16.3. The van der Waals surface area contributed by atoms with E-state index in [-0.39, 0.29) is 17.7 Å². The van der Waals surface area contributed by atoms with Crippen LogP contribution in [0, 0.1) is 11.3 Å². The number of aliphatic hydroxyl groups is 1. The van der Waals surface area contributed by atoms with Gasteiger partial charge in [-0.15, -0.1) is 0 Å². The van der Waals surface area contributed by atoms with Crippen molar-refractivity contribution in [1.29, 1.82) is 5.26 Å². The van der Waals surface area contributed by atoms with Gasteiger partial charge in [0.25, 0.3) is 0 Å². The van der Waals surface area contributed by atoms with Crippen LogP contribution in [0.25, 0.3) is 0 Å². The SMILES string of the molecule is CCC(C)(C)Nc1nc(NC2CCC(O)CC2)ncc1C#N. The molecule has 1 aliphatic carbocycles. The number of anilines is 2. The first-order valence-electron chi connectivity index (χ1n) is 7.93. The monoisotopic (exact) mass is 303 g/mol. The Hall–Kier alpha value is -1.87. The highest BCUT2D eigenvalue weighted by Crippen LogP contribution is 2.23. The molecule has 0 saturated heterocycles. The third-order valence-corrected chi connectivity index (χ3v) is 4.28.